The first kappa shape index (κ1) is 14.0. The molecule has 1 heterocycles. The van der Waals surface area contributed by atoms with E-state index in [1.165, 1.54) is 6.42 Å². The summed E-state index contributed by atoms with van der Waals surface area (Å²) in [5.41, 5.74) is 1.09. The fourth-order valence-electron chi connectivity index (χ4n) is 2.02. The van der Waals surface area contributed by atoms with Gasteiger partial charge < -0.3 is 14.8 Å². The van der Waals surface area contributed by atoms with Crippen molar-refractivity contribution in [2.45, 2.75) is 40.7 Å². The highest BCUT2D eigenvalue weighted by molar-refractivity contribution is 5.28. The van der Waals surface area contributed by atoms with Gasteiger partial charge in [0.15, 0.2) is 0 Å². The first-order chi connectivity index (χ1) is 8.21. The molecule has 0 saturated carbocycles. The van der Waals surface area contributed by atoms with Crippen LogP contribution in [0, 0.1) is 6.92 Å². The predicted octanol–water partition coefficient (Wildman–Crippen LogP) is 2.36. The highest BCUT2D eigenvalue weighted by Crippen LogP contribution is 2.09. The number of imidazole rings is 1. The summed E-state index contributed by atoms with van der Waals surface area (Å²) in [5, 5.41) is 3.30. The summed E-state index contributed by atoms with van der Waals surface area (Å²) in [6.07, 6.45) is 3.30. The summed E-state index contributed by atoms with van der Waals surface area (Å²) >= 11 is 0. The molecule has 0 atom stereocenters. The summed E-state index contributed by atoms with van der Waals surface area (Å²) < 4.78 is 2.22. The first-order valence-corrected chi connectivity index (χ1v) is 6.71. The fraction of sp³-hybridized carbons (Fsp3) is 0.769. The molecule has 0 aliphatic carbocycles. The lowest BCUT2D eigenvalue weighted by Gasteiger charge is -2.18. The third kappa shape index (κ3) is 4.38. The number of hydrogen-bond donors (Lipinski definition) is 1. The average molecular weight is 238 g/mol. The van der Waals surface area contributed by atoms with E-state index in [1.54, 1.807) is 0 Å². The van der Waals surface area contributed by atoms with Crippen molar-refractivity contribution in [1.82, 2.24) is 14.5 Å². The summed E-state index contributed by atoms with van der Waals surface area (Å²) in [7, 11) is 0. The average Bonchev–Trinajstić information content (AvgIpc) is 2.66. The van der Waals surface area contributed by atoms with Crippen LogP contribution in [0.5, 0.6) is 0 Å². The van der Waals surface area contributed by atoms with E-state index in [4.69, 9.17) is 0 Å². The van der Waals surface area contributed by atoms with Gasteiger partial charge in [-0.3, -0.25) is 0 Å². The Labute approximate surface area is 105 Å². The van der Waals surface area contributed by atoms with E-state index in [-0.39, 0.29) is 0 Å². The van der Waals surface area contributed by atoms with Gasteiger partial charge in [0, 0.05) is 19.3 Å². The largest absolute Gasteiger partial charge is 0.356 e. The molecular weight excluding hydrogens is 212 g/mol. The van der Waals surface area contributed by atoms with Crippen LogP contribution in [0.2, 0.25) is 0 Å². The summed E-state index contributed by atoms with van der Waals surface area (Å²) in [5.74, 6) is 1.00. The van der Waals surface area contributed by atoms with Gasteiger partial charge in [-0.15, -0.1) is 0 Å². The van der Waals surface area contributed by atoms with Gasteiger partial charge >= 0.3 is 0 Å². The zero-order valence-corrected chi connectivity index (χ0v) is 11.7. The van der Waals surface area contributed by atoms with Crippen molar-refractivity contribution >= 4 is 5.95 Å². The maximum Gasteiger partial charge on any atom is 0.203 e. The van der Waals surface area contributed by atoms with Crippen LogP contribution in [-0.2, 0) is 6.54 Å². The standard InChI is InChI=1S/C13H26N4/c1-5-14-13-15-12(4)11-17(13)10-8-9-16(6-2)7-3/h11H,5-10H2,1-4H3,(H,14,15). The quantitative estimate of drug-likeness (QED) is 0.754. The minimum absolute atomic E-state index is 0.923. The number of nitrogens with one attached hydrogen (secondary N) is 1. The third-order valence-electron chi connectivity index (χ3n) is 3.00. The molecule has 4 nitrogen and oxygen atoms in total. The Morgan fingerprint density at radius 2 is 2.00 bits per heavy atom. The van der Waals surface area contributed by atoms with Crippen LogP contribution in [-0.4, -0.2) is 40.6 Å². The monoisotopic (exact) mass is 238 g/mol. The Hall–Kier alpha value is -1.03. The van der Waals surface area contributed by atoms with Crippen LogP contribution in [0.1, 0.15) is 32.9 Å². The van der Waals surface area contributed by atoms with Gasteiger partial charge in [0.25, 0.3) is 0 Å². The van der Waals surface area contributed by atoms with E-state index in [0.717, 1.165) is 44.4 Å². The number of rotatable bonds is 8. The molecule has 0 amide bonds. The zero-order chi connectivity index (χ0) is 12.7. The number of nitrogens with zero attached hydrogens (tertiary/aromatic N) is 3. The van der Waals surface area contributed by atoms with Gasteiger partial charge in [-0.1, -0.05) is 13.8 Å². The maximum absolute atomic E-state index is 4.48. The van der Waals surface area contributed by atoms with Crippen molar-refractivity contribution in [3.63, 3.8) is 0 Å². The normalized spacial score (nSPS) is 11.1. The van der Waals surface area contributed by atoms with Crippen molar-refractivity contribution in [3.8, 4) is 0 Å². The number of hydrogen-bond acceptors (Lipinski definition) is 3. The minimum Gasteiger partial charge on any atom is -0.356 e. The zero-order valence-electron chi connectivity index (χ0n) is 11.7. The van der Waals surface area contributed by atoms with E-state index >= 15 is 0 Å². The van der Waals surface area contributed by atoms with Crippen LogP contribution >= 0.6 is 0 Å². The number of aromatic nitrogens is 2. The van der Waals surface area contributed by atoms with Crippen LogP contribution in [0.15, 0.2) is 6.20 Å². The predicted molar refractivity (Wildman–Crippen MR) is 73.5 cm³/mol. The van der Waals surface area contributed by atoms with Crippen molar-refractivity contribution in [2.24, 2.45) is 0 Å². The molecule has 1 aromatic rings. The fourth-order valence-corrected chi connectivity index (χ4v) is 2.02. The topological polar surface area (TPSA) is 33.1 Å². The lowest BCUT2D eigenvalue weighted by molar-refractivity contribution is 0.293. The van der Waals surface area contributed by atoms with E-state index < -0.39 is 0 Å². The SMILES string of the molecule is CCNc1nc(C)cn1CCCN(CC)CC. The Kier molecular flexibility index (Phi) is 6.05. The van der Waals surface area contributed by atoms with Gasteiger partial charge in [-0.25, -0.2) is 4.98 Å². The molecule has 0 saturated heterocycles. The van der Waals surface area contributed by atoms with Crippen molar-refractivity contribution in [1.29, 1.82) is 0 Å². The molecule has 0 unspecified atom stereocenters. The van der Waals surface area contributed by atoms with Gasteiger partial charge in [-0.05, 0) is 39.9 Å². The second-order valence-electron chi connectivity index (χ2n) is 4.31. The Morgan fingerprint density at radius 3 is 2.59 bits per heavy atom. The molecule has 0 radical (unpaired) electrons. The summed E-state index contributed by atoms with van der Waals surface area (Å²) in [6, 6.07) is 0. The van der Waals surface area contributed by atoms with E-state index in [2.05, 4.69) is 46.7 Å². The molecule has 1 N–H and O–H groups in total. The molecule has 0 spiro atoms. The van der Waals surface area contributed by atoms with Gasteiger partial charge in [0.2, 0.25) is 5.95 Å². The van der Waals surface area contributed by atoms with Crippen LogP contribution in [0.25, 0.3) is 0 Å². The molecular formula is C13H26N4. The molecule has 1 rings (SSSR count). The smallest absolute Gasteiger partial charge is 0.203 e. The van der Waals surface area contributed by atoms with Gasteiger partial charge in [-0.2, -0.15) is 0 Å². The molecule has 1 aromatic heterocycles. The molecule has 0 aromatic carbocycles. The van der Waals surface area contributed by atoms with E-state index in [1.807, 2.05) is 6.92 Å². The molecule has 17 heavy (non-hydrogen) atoms. The van der Waals surface area contributed by atoms with Crippen molar-refractivity contribution in [3.05, 3.63) is 11.9 Å². The Balaban J connectivity index is 2.45. The lowest BCUT2D eigenvalue weighted by Crippen LogP contribution is -2.25. The number of aryl methyl sites for hydroxylation is 2. The lowest BCUT2D eigenvalue weighted by atomic mass is 10.3. The van der Waals surface area contributed by atoms with E-state index in [9.17, 15) is 0 Å². The van der Waals surface area contributed by atoms with Crippen LogP contribution in [0.3, 0.4) is 0 Å². The maximum atomic E-state index is 4.48. The summed E-state index contributed by atoms with van der Waals surface area (Å²) in [6.45, 7) is 14.0. The van der Waals surface area contributed by atoms with Gasteiger partial charge in [0.1, 0.15) is 0 Å². The first-order valence-electron chi connectivity index (χ1n) is 6.71. The molecule has 0 fully saturated rings. The molecule has 0 aliphatic rings. The molecule has 0 aliphatic heterocycles. The minimum atomic E-state index is 0.923. The number of anilines is 1. The van der Waals surface area contributed by atoms with E-state index in [0.29, 0.717) is 0 Å². The molecule has 98 valence electrons. The Bertz CT molecular complexity index is 315. The Morgan fingerprint density at radius 1 is 1.29 bits per heavy atom. The van der Waals surface area contributed by atoms with Crippen LogP contribution in [0.4, 0.5) is 5.95 Å². The highest BCUT2D eigenvalue weighted by atomic mass is 15.2. The summed E-state index contributed by atoms with van der Waals surface area (Å²) in [4.78, 5) is 6.93. The van der Waals surface area contributed by atoms with Crippen molar-refractivity contribution in [2.75, 3.05) is 31.5 Å². The second kappa shape index (κ2) is 7.33. The second-order valence-corrected chi connectivity index (χ2v) is 4.31. The highest BCUT2D eigenvalue weighted by Gasteiger charge is 2.05. The molecule has 0 bridgehead atoms. The molecule has 4 heteroatoms. The van der Waals surface area contributed by atoms with Crippen LogP contribution < -0.4 is 5.32 Å². The van der Waals surface area contributed by atoms with Crippen molar-refractivity contribution < 1.29 is 0 Å². The third-order valence-corrected chi connectivity index (χ3v) is 3.00. The van der Waals surface area contributed by atoms with Gasteiger partial charge in [0.05, 0.1) is 5.69 Å².